The lowest BCUT2D eigenvalue weighted by Gasteiger charge is -2.26. The van der Waals surface area contributed by atoms with Crippen LogP contribution in [0.15, 0.2) is 28.9 Å². The highest BCUT2D eigenvalue weighted by molar-refractivity contribution is 9.10. The number of alkyl halides is 2. The number of benzene rings is 1. The molecule has 1 aliphatic heterocycles. The second-order valence-corrected chi connectivity index (χ2v) is 7.06. The van der Waals surface area contributed by atoms with Crippen LogP contribution in [0.5, 0.6) is 0 Å². The number of aromatic nitrogens is 2. The molecule has 0 fully saturated rings. The Bertz CT molecular complexity index is 799. The van der Waals surface area contributed by atoms with Crippen molar-refractivity contribution in [3.8, 4) is 11.4 Å². The molecule has 0 aliphatic carbocycles. The molecule has 1 aromatic carbocycles. The lowest BCUT2D eigenvalue weighted by molar-refractivity contribution is -0.130. The van der Waals surface area contributed by atoms with Gasteiger partial charge in [0.2, 0.25) is 0 Å². The number of carbonyl (C=O) groups is 1. The van der Waals surface area contributed by atoms with Crippen LogP contribution in [0.4, 0.5) is 20.3 Å². The van der Waals surface area contributed by atoms with Gasteiger partial charge in [0, 0.05) is 49.1 Å². The molecule has 0 bridgehead atoms. The first-order valence-corrected chi connectivity index (χ1v) is 8.86. The number of ether oxygens (including phenoxy) is 1. The molecule has 3 rings (SSSR count). The summed E-state index contributed by atoms with van der Waals surface area (Å²) in [6.45, 7) is 1.23. The minimum absolute atomic E-state index is 0.176. The SMILES string of the molecule is CN1CCn2cc(N(C)C(COC=O)C(F)F)nc2-c2ccc(Br)cc21. The van der Waals surface area contributed by atoms with Crippen LogP contribution < -0.4 is 9.80 Å². The van der Waals surface area contributed by atoms with Crippen molar-refractivity contribution in [2.24, 2.45) is 0 Å². The summed E-state index contributed by atoms with van der Waals surface area (Å²) in [5.74, 6) is 1.14. The number of imidazole rings is 1. The highest BCUT2D eigenvalue weighted by Crippen LogP contribution is 2.36. The van der Waals surface area contributed by atoms with Gasteiger partial charge >= 0.3 is 0 Å². The van der Waals surface area contributed by atoms with Crippen molar-refractivity contribution >= 4 is 33.9 Å². The van der Waals surface area contributed by atoms with Crippen LogP contribution in [-0.2, 0) is 16.1 Å². The second kappa shape index (κ2) is 7.61. The average Bonchev–Trinajstić information content (AvgIpc) is 2.98. The van der Waals surface area contributed by atoms with Crippen LogP contribution in [0.2, 0.25) is 0 Å². The molecule has 2 heterocycles. The summed E-state index contributed by atoms with van der Waals surface area (Å²) in [5.41, 5.74) is 1.96. The Labute approximate surface area is 158 Å². The van der Waals surface area contributed by atoms with Crippen LogP contribution in [0.1, 0.15) is 0 Å². The molecule has 0 saturated carbocycles. The van der Waals surface area contributed by atoms with Crippen LogP contribution in [-0.4, -0.2) is 55.7 Å². The fourth-order valence-electron chi connectivity index (χ4n) is 3.01. The van der Waals surface area contributed by atoms with Crippen LogP contribution >= 0.6 is 15.9 Å². The van der Waals surface area contributed by atoms with Gasteiger partial charge in [-0.05, 0) is 18.2 Å². The maximum Gasteiger partial charge on any atom is 0.293 e. The molecule has 2 aromatic rings. The molecule has 140 valence electrons. The molecule has 1 atom stereocenters. The second-order valence-electron chi connectivity index (χ2n) is 6.14. The normalized spacial score (nSPS) is 14.5. The van der Waals surface area contributed by atoms with E-state index in [0.717, 1.165) is 28.1 Å². The number of rotatable bonds is 6. The molecule has 1 aliphatic rings. The van der Waals surface area contributed by atoms with E-state index in [9.17, 15) is 13.6 Å². The Kier molecular flexibility index (Phi) is 5.45. The Morgan fingerprint density at radius 2 is 2.19 bits per heavy atom. The Balaban J connectivity index is 1.98. The van der Waals surface area contributed by atoms with Crippen molar-refractivity contribution in [3.05, 3.63) is 28.9 Å². The summed E-state index contributed by atoms with van der Waals surface area (Å²) in [7, 11) is 3.54. The van der Waals surface area contributed by atoms with Crippen molar-refractivity contribution in [1.29, 1.82) is 0 Å². The van der Waals surface area contributed by atoms with E-state index in [-0.39, 0.29) is 6.47 Å². The topological polar surface area (TPSA) is 50.6 Å². The zero-order valence-electron chi connectivity index (χ0n) is 14.4. The van der Waals surface area contributed by atoms with Gasteiger partial charge in [-0.2, -0.15) is 0 Å². The lowest BCUT2D eigenvalue weighted by Crippen LogP contribution is -2.41. The molecule has 0 saturated heterocycles. The third-order valence-corrected chi connectivity index (χ3v) is 5.03. The highest BCUT2D eigenvalue weighted by Gasteiger charge is 2.29. The quantitative estimate of drug-likeness (QED) is 0.661. The molecular weight excluding hydrogens is 410 g/mol. The predicted octanol–water partition coefficient (Wildman–Crippen LogP) is 3.01. The average molecular weight is 429 g/mol. The standard InChI is InChI=1S/C17H19BrF2N4O2/c1-22-5-6-24-8-15(23(2)14(16(19)20)9-26-10-25)21-17(24)12-4-3-11(18)7-13(12)22/h3-4,7-8,10,14,16H,5-6,9H2,1-2H3. The van der Waals surface area contributed by atoms with Crippen molar-refractivity contribution in [3.63, 3.8) is 0 Å². The minimum atomic E-state index is -2.67. The maximum absolute atomic E-state index is 13.4. The fourth-order valence-corrected chi connectivity index (χ4v) is 3.36. The summed E-state index contributed by atoms with van der Waals surface area (Å²) in [5, 5.41) is 0. The summed E-state index contributed by atoms with van der Waals surface area (Å²) in [6.07, 6.45) is -0.910. The van der Waals surface area contributed by atoms with E-state index < -0.39 is 19.1 Å². The number of hydrogen-bond donors (Lipinski definition) is 0. The molecule has 1 aromatic heterocycles. The van der Waals surface area contributed by atoms with Crippen molar-refractivity contribution < 1.29 is 18.3 Å². The maximum atomic E-state index is 13.4. The molecule has 6 nitrogen and oxygen atoms in total. The van der Waals surface area contributed by atoms with Gasteiger partial charge in [-0.25, -0.2) is 13.8 Å². The predicted molar refractivity (Wildman–Crippen MR) is 98.8 cm³/mol. The number of anilines is 2. The van der Waals surface area contributed by atoms with Crippen LogP contribution in [0.3, 0.4) is 0 Å². The van der Waals surface area contributed by atoms with Gasteiger partial charge in [0.25, 0.3) is 12.9 Å². The first-order chi connectivity index (χ1) is 12.4. The van der Waals surface area contributed by atoms with Gasteiger partial charge < -0.3 is 19.1 Å². The van der Waals surface area contributed by atoms with Crippen molar-refractivity contribution in [1.82, 2.24) is 9.55 Å². The van der Waals surface area contributed by atoms with E-state index >= 15 is 0 Å². The fraction of sp³-hybridized carbons (Fsp3) is 0.412. The first-order valence-electron chi connectivity index (χ1n) is 8.07. The van der Waals surface area contributed by atoms with Crippen molar-refractivity contribution in [2.45, 2.75) is 19.0 Å². The summed E-state index contributed by atoms with van der Waals surface area (Å²) in [6, 6.07) is 4.65. The van der Waals surface area contributed by atoms with Gasteiger partial charge in [-0.3, -0.25) is 4.79 Å². The van der Waals surface area contributed by atoms with E-state index in [1.807, 2.05) is 29.8 Å². The van der Waals surface area contributed by atoms with E-state index in [1.54, 1.807) is 6.20 Å². The molecule has 9 heteroatoms. The molecule has 26 heavy (non-hydrogen) atoms. The zero-order valence-corrected chi connectivity index (χ0v) is 16.0. The third kappa shape index (κ3) is 3.53. The van der Waals surface area contributed by atoms with E-state index in [1.165, 1.54) is 11.9 Å². The third-order valence-electron chi connectivity index (χ3n) is 4.54. The highest BCUT2D eigenvalue weighted by atomic mass is 79.9. The molecule has 0 spiro atoms. The Hall–Kier alpha value is -2.16. The summed E-state index contributed by atoms with van der Waals surface area (Å²) < 4.78 is 34.2. The van der Waals surface area contributed by atoms with Gasteiger partial charge in [0.05, 0.1) is 0 Å². The van der Waals surface area contributed by atoms with E-state index in [2.05, 4.69) is 30.6 Å². The minimum Gasteiger partial charge on any atom is -0.465 e. The number of nitrogens with zero attached hydrogens (tertiary/aromatic N) is 4. The largest absolute Gasteiger partial charge is 0.465 e. The van der Waals surface area contributed by atoms with Crippen LogP contribution in [0, 0.1) is 0 Å². The molecule has 0 radical (unpaired) electrons. The van der Waals surface area contributed by atoms with Gasteiger partial charge in [0.1, 0.15) is 24.3 Å². The first kappa shape index (κ1) is 18.6. The monoisotopic (exact) mass is 428 g/mol. The van der Waals surface area contributed by atoms with E-state index in [0.29, 0.717) is 12.4 Å². The zero-order chi connectivity index (χ0) is 18.8. The molecular formula is C17H19BrF2N4O2. The van der Waals surface area contributed by atoms with Crippen molar-refractivity contribution in [2.75, 3.05) is 37.0 Å². The summed E-state index contributed by atoms with van der Waals surface area (Å²) >= 11 is 3.48. The number of hydrogen-bond acceptors (Lipinski definition) is 5. The number of likely N-dealkylation sites (N-methyl/N-ethyl adjacent to an activating group) is 2. The van der Waals surface area contributed by atoms with Gasteiger partial charge in [-0.1, -0.05) is 15.9 Å². The Morgan fingerprint density at radius 3 is 2.88 bits per heavy atom. The molecule has 0 N–H and O–H groups in total. The van der Waals surface area contributed by atoms with E-state index in [4.69, 9.17) is 0 Å². The molecule has 0 amide bonds. The number of halogens is 3. The van der Waals surface area contributed by atoms with Gasteiger partial charge in [0.15, 0.2) is 0 Å². The number of fused-ring (bicyclic) bond motifs is 3. The summed E-state index contributed by atoms with van der Waals surface area (Å²) in [4.78, 5) is 18.5. The smallest absolute Gasteiger partial charge is 0.293 e. The molecule has 1 unspecified atom stereocenters. The van der Waals surface area contributed by atoms with Crippen LogP contribution in [0.25, 0.3) is 11.4 Å². The lowest BCUT2D eigenvalue weighted by atomic mass is 10.1. The number of carbonyl (C=O) groups excluding carboxylic acids is 1. The van der Waals surface area contributed by atoms with Gasteiger partial charge in [-0.15, -0.1) is 0 Å². The Morgan fingerprint density at radius 1 is 1.42 bits per heavy atom.